The molecule has 0 fully saturated rings. The molecule has 0 atom stereocenters. The zero-order valence-electron chi connectivity index (χ0n) is 11.7. The SMILES string of the molecule is Oc1cccc(O)c1-c1cccc2nc3ccccc3cc12. The van der Waals surface area contributed by atoms with Crippen molar-refractivity contribution in [1.82, 2.24) is 4.98 Å². The lowest BCUT2D eigenvalue weighted by atomic mass is 9.98. The molecule has 3 heteroatoms. The first-order valence-corrected chi connectivity index (χ1v) is 7.04. The van der Waals surface area contributed by atoms with Crippen LogP contribution in [-0.4, -0.2) is 15.2 Å². The van der Waals surface area contributed by atoms with Crippen molar-refractivity contribution in [3.8, 4) is 22.6 Å². The minimum absolute atomic E-state index is 0.0562. The van der Waals surface area contributed by atoms with Crippen LogP contribution in [-0.2, 0) is 0 Å². The lowest BCUT2D eigenvalue weighted by Crippen LogP contribution is -1.87. The number of aromatic nitrogens is 1. The van der Waals surface area contributed by atoms with E-state index in [2.05, 4.69) is 4.98 Å². The van der Waals surface area contributed by atoms with Crippen LogP contribution in [0.1, 0.15) is 0 Å². The molecule has 0 bridgehead atoms. The predicted molar refractivity (Wildman–Crippen MR) is 88.0 cm³/mol. The van der Waals surface area contributed by atoms with Gasteiger partial charge in [0.1, 0.15) is 11.5 Å². The fourth-order valence-corrected chi connectivity index (χ4v) is 2.82. The second-order valence-electron chi connectivity index (χ2n) is 5.22. The number of benzene rings is 3. The van der Waals surface area contributed by atoms with E-state index < -0.39 is 0 Å². The van der Waals surface area contributed by atoms with E-state index >= 15 is 0 Å². The van der Waals surface area contributed by atoms with Crippen LogP contribution < -0.4 is 0 Å². The number of pyridine rings is 1. The Morgan fingerprint density at radius 3 is 2.18 bits per heavy atom. The molecule has 1 heterocycles. The molecule has 0 saturated carbocycles. The molecule has 22 heavy (non-hydrogen) atoms. The average Bonchev–Trinajstić information content (AvgIpc) is 2.53. The van der Waals surface area contributed by atoms with Crippen LogP contribution in [0.4, 0.5) is 0 Å². The van der Waals surface area contributed by atoms with Gasteiger partial charge in [-0.2, -0.15) is 0 Å². The highest BCUT2D eigenvalue weighted by atomic mass is 16.3. The number of hydrogen-bond donors (Lipinski definition) is 2. The van der Waals surface area contributed by atoms with Gasteiger partial charge in [-0.15, -0.1) is 0 Å². The van der Waals surface area contributed by atoms with Crippen molar-refractivity contribution < 1.29 is 10.2 Å². The maximum absolute atomic E-state index is 10.1. The monoisotopic (exact) mass is 287 g/mol. The van der Waals surface area contributed by atoms with E-state index in [-0.39, 0.29) is 11.5 Å². The van der Waals surface area contributed by atoms with Gasteiger partial charge >= 0.3 is 0 Å². The molecule has 0 saturated heterocycles. The summed E-state index contributed by atoms with van der Waals surface area (Å²) in [4.78, 5) is 4.66. The Morgan fingerprint density at radius 1 is 0.682 bits per heavy atom. The number of hydrogen-bond acceptors (Lipinski definition) is 3. The van der Waals surface area contributed by atoms with Gasteiger partial charge < -0.3 is 10.2 Å². The first-order chi connectivity index (χ1) is 10.7. The molecule has 3 aromatic carbocycles. The Labute approximate surface area is 127 Å². The Kier molecular flexibility index (Phi) is 2.73. The second kappa shape index (κ2) is 4.74. The summed E-state index contributed by atoms with van der Waals surface area (Å²) in [7, 11) is 0. The van der Waals surface area contributed by atoms with Crippen molar-refractivity contribution in [1.29, 1.82) is 0 Å². The van der Waals surface area contributed by atoms with E-state index in [1.165, 1.54) is 0 Å². The Morgan fingerprint density at radius 2 is 1.36 bits per heavy atom. The van der Waals surface area contributed by atoms with Crippen LogP contribution in [0.2, 0.25) is 0 Å². The molecule has 0 aliphatic heterocycles. The molecule has 0 radical (unpaired) electrons. The first-order valence-electron chi connectivity index (χ1n) is 7.04. The maximum Gasteiger partial charge on any atom is 0.127 e. The third-order valence-electron chi connectivity index (χ3n) is 3.85. The number of phenolic OH excluding ortho intramolecular Hbond substituents is 2. The molecule has 0 unspecified atom stereocenters. The third kappa shape index (κ3) is 1.87. The van der Waals surface area contributed by atoms with Gasteiger partial charge in [0, 0.05) is 10.8 Å². The van der Waals surface area contributed by atoms with Crippen molar-refractivity contribution in [3.05, 3.63) is 66.7 Å². The van der Waals surface area contributed by atoms with Gasteiger partial charge in [0.15, 0.2) is 0 Å². The van der Waals surface area contributed by atoms with Crippen LogP contribution in [0.3, 0.4) is 0 Å². The second-order valence-corrected chi connectivity index (χ2v) is 5.22. The fraction of sp³-hybridized carbons (Fsp3) is 0. The van der Waals surface area contributed by atoms with E-state index in [9.17, 15) is 10.2 Å². The molecular weight excluding hydrogens is 274 g/mol. The van der Waals surface area contributed by atoms with E-state index in [4.69, 9.17) is 0 Å². The van der Waals surface area contributed by atoms with E-state index in [1.807, 2.05) is 48.5 Å². The summed E-state index contributed by atoms with van der Waals surface area (Å²) in [5.41, 5.74) is 2.96. The third-order valence-corrected chi connectivity index (χ3v) is 3.85. The Bertz CT molecular complexity index is 988. The Balaban J connectivity index is 2.12. The molecule has 4 rings (SSSR count). The molecular formula is C19H13NO2. The number of nitrogens with zero attached hydrogens (tertiary/aromatic N) is 1. The van der Waals surface area contributed by atoms with Gasteiger partial charge in [0.05, 0.1) is 16.6 Å². The van der Waals surface area contributed by atoms with Gasteiger partial charge in [-0.1, -0.05) is 36.4 Å². The maximum atomic E-state index is 10.1. The standard InChI is InChI=1S/C19H13NO2/c21-17-9-4-10-18(22)19(17)13-6-3-8-16-14(13)11-12-5-1-2-7-15(12)20-16/h1-11,21-22H. The lowest BCUT2D eigenvalue weighted by Gasteiger charge is -2.11. The summed E-state index contributed by atoms with van der Waals surface area (Å²) in [5, 5.41) is 22.2. The minimum Gasteiger partial charge on any atom is -0.507 e. The summed E-state index contributed by atoms with van der Waals surface area (Å²) in [6.45, 7) is 0. The lowest BCUT2D eigenvalue weighted by molar-refractivity contribution is 0.454. The largest absolute Gasteiger partial charge is 0.507 e. The molecule has 2 N–H and O–H groups in total. The summed E-state index contributed by atoms with van der Waals surface area (Å²) in [6.07, 6.45) is 0. The predicted octanol–water partition coefficient (Wildman–Crippen LogP) is 4.47. The van der Waals surface area contributed by atoms with Gasteiger partial charge in [-0.05, 0) is 35.9 Å². The summed E-state index contributed by atoms with van der Waals surface area (Å²) < 4.78 is 0. The normalized spacial score (nSPS) is 11.1. The number of aromatic hydroxyl groups is 2. The summed E-state index contributed by atoms with van der Waals surface area (Å²) in [5.74, 6) is 0.112. The Hall–Kier alpha value is -3.07. The van der Waals surface area contributed by atoms with E-state index in [0.29, 0.717) is 5.56 Å². The van der Waals surface area contributed by atoms with Crippen LogP contribution >= 0.6 is 0 Å². The number of para-hydroxylation sites is 1. The smallest absolute Gasteiger partial charge is 0.127 e. The van der Waals surface area contributed by atoms with E-state index in [1.54, 1.807) is 18.2 Å². The van der Waals surface area contributed by atoms with Crippen LogP contribution in [0, 0.1) is 0 Å². The number of rotatable bonds is 1. The molecule has 3 nitrogen and oxygen atoms in total. The van der Waals surface area contributed by atoms with Gasteiger partial charge in [0.2, 0.25) is 0 Å². The van der Waals surface area contributed by atoms with Crippen LogP contribution in [0.25, 0.3) is 32.9 Å². The van der Waals surface area contributed by atoms with Crippen LogP contribution in [0.5, 0.6) is 11.5 Å². The van der Waals surface area contributed by atoms with Gasteiger partial charge in [0.25, 0.3) is 0 Å². The zero-order chi connectivity index (χ0) is 15.1. The molecule has 106 valence electrons. The minimum atomic E-state index is 0.0562. The molecule has 0 aliphatic rings. The molecule has 0 spiro atoms. The van der Waals surface area contributed by atoms with Crippen LogP contribution in [0.15, 0.2) is 66.7 Å². The zero-order valence-corrected chi connectivity index (χ0v) is 11.7. The van der Waals surface area contributed by atoms with E-state index in [0.717, 1.165) is 27.4 Å². The van der Waals surface area contributed by atoms with Crippen molar-refractivity contribution >= 4 is 21.8 Å². The van der Waals surface area contributed by atoms with Crippen molar-refractivity contribution in [2.75, 3.05) is 0 Å². The van der Waals surface area contributed by atoms with Crippen molar-refractivity contribution in [2.45, 2.75) is 0 Å². The highest BCUT2D eigenvalue weighted by Gasteiger charge is 2.13. The molecule has 4 aromatic rings. The summed E-state index contributed by atoms with van der Waals surface area (Å²) >= 11 is 0. The van der Waals surface area contributed by atoms with Gasteiger partial charge in [-0.3, -0.25) is 0 Å². The quantitative estimate of drug-likeness (QED) is 0.508. The van der Waals surface area contributed by atoms with Crippen molar-refractivity contribution in [3.63, 3.8) is 0 Å². The first kappa shape index (κ1) is 12.7. The highest BCUT2D eigenvalue weighted by molar-refractivity contribution is 6.02. The van der Waals surface area contributed by atoms with Gasteiger partial charge in [-0.25, -0.2) is 4.98 Å². The highest BCUT2D eigenvalue weighted by Crippen LogP contribution is 2.40. The number of fused-ring (bicyclic) bond motifs is 2. The molecule has 0 amide bonds. The topological polar surface area (TPSA) is 53.4 Å². The molecule has 1 aromatic heterocycles. The fourth-order valence-electron chi connectivity index (χ4n) is 2.82. The number of phenols is 2. The van der Waals surface area contributed by atoms with Crippen molar-refractivity contribution in [2.24, 2.45) is 0 Å². The average molecular weight is 287 g/mol. The summed E-state index contributed by atoms with van der Waals surface area (Å²) in [6, 6.07) is 20.4. The molecule has 0 aliphatic carbocycles.